The molecule has 0 spiro atoms. The van der Waals surface area contributed by atoms with Crippen molar-refractivity contribution in [1.29, 1.82) is 0 Å². The number of thiocarbonyl (C=S) groups is 1. The fraction of sp³-hybridized carbons (Fsp3) is 0.346. The maximum atomic E-state index is 12.7. The van der Waals surface area contributed by atoms with Crippen molar-refractivity contribution in [2.75, 3.05) is 11.9 Å². The van der Waals surface area contributed by atoms with E-state index in [4.69, 9.17) is 12.2 Å². The molecule has 7 heteroatoms. The Morgan fingerprint density at radius 2 is 1.97 bits per heavy atom. The molecular weight excluding hydrogens is 430 g/mol. The fourth-order valence-electron chi connectivity index (χ4n) is 4.77. The molecule has 1 fully saturated rings. The first kappa shape index (κ1) is 23.0. The second kappa shape index (κ2) is 9.75. The number of nitrogens with zero attached hydrogens (tertiary/aromatic N) is 3. The van der Waals surface area contributed by atoms with Gasteiger partial charge in [-0.05, 0) is 81.4 Å². The molecule has 2 N–H and O–H groups in total. The summed E-state index contributed by atoms with van der Waals surface area (Å²) in [7, 11) is 0. The Balaban J connectivity index is 1.60. The topological polar surface area (TPSA) is 62.2 Å². The Hall–Kier alpha value is -3.19. The van der Waals surface area contributed by atoms with Crippen LogP contribution in [0.5, 0.6) is 0 Å². The van der Waals surface area contributed by atoms with E-state index in [2.05, 4.69) is 51.9 Å². The summed E-state index contributed by atoms with van der Waals surface area (Å²) in [6.45, 7) is 9.90. The minimum absolute atomic E-state index is 0.0255. The lowest BCUT2D eigenvalue weighted by atomic mass is 9.96. The Bertz CT molecular complexity index is 1160. The minimum Gasteiger partial charge on any atom is -0.352 e. The summed E-state index contributed by atoms with van der Waals surface area (Å²) in [4.78, 5) is 19.5. The predicted octanol–water partition coefficient (Wildman–Crippen LogP) is 4.83. The van der Waals surface area contributed by atoms with E-state index in [1.165, 1.54) is 17.0 Å². The average molecular weight is 462 g/mol. The molecule has 1 amide bonds. The van der Waals surface area contributed by atoms with Gasteiger partial charge in [-0.1, -0.05) is 18.2 Å². The summed E-state index contributed by atoms with van der Waals surface area (Å²) >= 11 is 5.75. The van der Waals surface area contributed by atoms with Crippen LogP contribution in [0.3, 0.4) is 0 Å². The van der Waals surface area contributed by atoms with Crippen LogP contribution < -0.4 is 10.6 Å². The quantitative estimate of drug-likeness (QED) is 0.494. The molecule has 4 rings (SSSR count). The van der Waals surface area contributed by atoms with Gasteiger partial charge in [0.2, 0.25) is 5.91 Å². The van der Waals surface area contributed by atoms with Gasteiger partial charge in [-0.15, -0.1) is 0 Å². The summed E-state index contributed by atoms with van der Waals surface area (Å²) in [5, 5.41) is 7.14. The molecule has 1 aromatic carbocycles. The first-order chi connectivity index (χ1) is 15.9. The highest BCUT2D eigenvalue weighted by molar-refractivity contribution is 7.80. The van der Waals surface area contributed by atoms with Gasteiger partial charge in [-0.3, -0.25) is 9.78 Å². The van der Waals surface area contributed by atoms with Gasteiger partial charge >= 0.3 is 0 Å². The normalized spacial score (nSPS) is 17.8. The van der Waals surface area contributed by atoms with E-state index in [-0.39, 0.29) is 18.0 Å². The van der Waals surface area contributed by atoms with Crippen molar-refractivity contribution in [2.45, 2.75) is 52.7 Å². The zero-order chi connectivity index (χ0) is 23.5. The minimum atomic E-state index is -0.0793. The highest BCUT2D eigenvalue weighted by Gasteiger charge is 2.41. The Morgan fingerprint density at radius 1 is 1.15 bits per heavy atom. The number of rotatable bonds is 7. The van der Waals surface area contributed by atoms with Gasteiger partial charge in [-0.25, -0.2) is 0 Å². The lowest BCUT2D eigenvalue weighted by molar-refractivity contribution is -0.116. The molecule has 0 aliphatic carbocycles. The molecule has 2 aromatic heterocycles. The monoisotopic (exact) mass is 461 g/mol. The number of aromatic nitrogens is 2. The van der Waals surface area contributed by atoms with E-state index in [0.717, 1.165) is 23.5 Å². The summed E-state index contributed by atoms with van der Waals surface area (Å²) in [5.41, 5.74) is 6.54. The van der Waals surface area contributed by atoms with Gasteiger partial charge in [0, 0.05) is 42.8 Å². The highest BCUT2D eigenvalue weighted by atomic mass is 32.1. The molecule has 0 radical (unpaired) electrons. The maximum Gasteiger partial charge on any atom is 0.226 e. The van der Waals surface area contributed by atoms with E-state index >= 15 is 0 Å². The lowest BCUT2D eigenvalue weighted by Crippen LogP contribution is -2.32. The number of hydrogen-bond acceptors (Lipinski definition) is 3. The van der Waals surface area contributed by atoms with Crippen LogP contribution >= 0.6 is 12.2 Å². The first-order valence-electron chi connectivity index (χ1n) is 11.4. The number of carbonyl (C=O) groups is 1. The van der Waals surface area contributed by atoms with E-state index in [1.54, 1.807) is 0 Å². The van der Waals surface area contributed by atoms with Crippen LogP contribution in [0.1, 0.15) is 53.6 Å². The highest BCUT2D eigenvalue weighted by Crippen LogP contribution is 2.40. The molecular formula is C26H31N5OS. The van der Waals surface area contributed by atoms with Crippen LogP contribution in [0.4, 0.5) is 5.69 Å². The number of carbonyl (C=O) groups excluding carboxylic acids is 1. The van der Waals surface area contributed by atoms with E-state index in [0.29, 0.717) is 18.1 Å². The van der Waals surface area contributed by atoms with Crippen molar-refractivity contribution in [3.05, 3.63) is 82.9 Å². The molecule has 0 saturated carbocycles. The summed E-state index contributed by atoms with van der Waals surface area (Å²) in [6, 6.07) is 15.9. The Labute approximate surface area is 201 Å². The molecule has 172 valence electrons. The van der Waals surface area contributed by atoms with Crippen molar-refractivity contribution in [1.82, 2.24) is 19.8 Å². The summed E-state index contributed by atoms with van der Waals surface area (Å²) in [6.07, 6.45) is 2.15. The molecule has 0 unspecified atom stereocenters. The van der Waals surface area contributed by atoms with Crippen molar-refractivity contribution in [3.63, 3.8) is 0 Å². The standard InChI is InChI=1S/C26H31N5OS/c1-5-30-18(3)16-21(19(30)4)25-24(22-11-6-7-13-27-22)29-26(33)31(25)14-12-23(32)28-20-10-8-9-17(2)15-20/h6-11,13,15-16,24-25H,5,12,14H2,1-4H3,(H,28,32)(H,29,33)/t24-,25+/m0/s1. The molecule has 1 aliphatic rings. The van der Waals surface area contributed by atoms with Gasteiger partial charge in [0.1, 0.15) is 0 Å². The van der Waals surface area contributed by atoms with Crippen LogP contribution in [0.25, 0.3) is 0 Å². The van der Waals surface area contributed by atoms with Crippen LogP contribution in [-0.2, 0) is 11.3 Å². The third-order valence-corrected chi connectivity index (χ3v) is 6.68. The molecule has 3 aromatic rings. The average Bonchev–Trinajstić information content (AvgIpc) is 3.27. The van der Waals surface area contributed by atoms with Crippen LogP contribution in [0, 0.1) is 20.8 Å². The summed E-state index contributed by atoms with van der Waals surface area (Å²) < 4.78 is 2.31. The van der Waals surface area contributed by atoms with Crippen molar-refractivity contribution < 1.29 is 4.79 Å². The van der Waals surface area contributed by atoms with Crippen molar-refractivity contribution in [3.8, 4) is 0 Å². The van der Waals surface area contributed by atoms with Crippen molar-refractivity contribution >= 4 is 28.9 Å². The van der Waals surface area contributed by atoms with Crippen LogP contribution in [0.15, 0.2) is 54.7 Å². The molecule has 1 aliphatic heterocycles. The SMILES string of the molecule is CCn1c(C)cc([C@@H]2[C@H](c3ccccn3)NC(=S)N2CCC(=O)Nc2cccc(C)c2)c1C. The third-order valence-electron chi connectivity index (χ3n) is 6.33. The number of benzene rings is 1. The van der Waals surface area contributed by atoms with E-state index in [9.17, 15) is 4.79 Å². The lowest BCUT2D eigenvalue weighted by Gasteiger charge is -2.28. The third kappa shape index (κ3) is 4.78. The van der Waals surface area contributed by atoms with E-state index in [1.807, 2.05) is 55.6 Å². The van der Waals surface area contributed by atoms with Gasteiger partial charge in [-0.2, -0.15) is 0 Å². The van der Waals surface area contributed by atoms with E-state index < -0.39 is 0 Å². The van der Waals surface area contributed by atoms with Gasteiger partial charge in [0.15, 0.2) is 5.11 Å². The summed E-state index contributed by atoms with van der Waals surface area (Å²) in [5.74, 6) is -0.0255. The molecule has 0 bridgehead atoms. The molecule has 33 heavy (non-hydrogen) atoms. The van der Waals surface area contributed by atoms with Crippen molar-refractivity contribution in [2.24, 2.45) is 0 Å². The first-order valence-corrected chi connectivity index (χ1v) is 11.8. The van der Waals surface area contributed by atoms with Gasteiger partial charge in [0.25, 0.3) is 0 Å². The molecule has 1 saturated heterocycles. The second-order valence-electron chi connectivity index (χ2n) is 8.56. The zero-order valence-corrected chi connectivity index (χ0v) is 20.4. The smallest absolute Gasteiger partial charge is 0.226 e. The zero-order valence-electron chi connectivity index (χ0n) is 19.6. The Kier molecular flexibility index (Phi) is 6.79. The van der Waals surface area contributed by atoms with Crippen LogP contribution in [0.2, 0.25) is 0 Å². The van der Waals surface area contributed by atoms with Gasteiger partial charge < -0.3 is 20.1 Å². The number of pyridine rings is 1. The number of nitrogens with one attached hydrogen (secondary N) is 2. The number of hydrogen-bond donors (Lipinski definition) is 2. The van der Waals surface area contributed by atoms with Crippen LogP contribution in [-0.4, -0.2) is 32.0 Å². The van der Waals surface area contributed by atoms with Gasteiger partial charge in [0.05, 0.1) is 17.8 Å². The second-order valence-corrected chi connectivity index (χ2v) is 8.95. The molecule has 3 heterocycles. The maximum absolute atomic E-state index is 12.7. The Morgan fingerprint density at radius 3 is 2.64 bits per heavy atom. The molecule has 2 atom stereocenters. The molecule has 6 nitrogen and oxygen atoms in total. The predicted molar refractivity (Wildman–Crippen MR) is 136 cm³/mol. The largest absolute Gasteiger partial charge is 0.352 e. The number of amides is 1. The fourth-order valence-corrected chi connectivity index (χ4v) is 5.10. The number of aryl methyl sites for hydroxylation is 2. The number of anilines is 1.